The molecule has 3 amide bonds. The van der Waals surface area contributed by atoms with Gasteiger partial charge in [0.05, 0.1) is 18.0 Å². The van der Waals surface area contributed by atoms with Crippen LogP contribution in [-0.2, 0) is 16.0 Å². The largest absolute Gasteiger partial charge is 0.355 e. The molecule has 0 saturated carbocycles. The molecule has 6 nitrogen and oxygen atoms in total. The van der Waals surface area contributed by atoms with Gasteiger partial charge in [-0.3, -0.25) is 14.4 Å². The molecule has 0 aliphatic rings. The first kappa shape index (κ1) is 18.7. The fourth-order valence-corrected chi connectivity index (χ4v) is 2.76. The van der Waals surface area contributed by atoms with Crippen LogP contribution in [0.5, 0.6) is 0 Å². The Morgan fingerprint density at radius 1 is 0.840 bits per heavy atom. The molecule has 0 aliphatic heterocycles. The molecule has 0 spiro atoms. The molecule has 0 bridgehead atoms. The van der Waals surface area contributed by atoms with Crippen molar-refractivity contribution in [3.8, 4) is 0 Å². The number of aryl methyl sites for hydroxylation is 1. The first-order chi connectivity index (χ1) is 12.1. The van der Waals surface area contributed by atoms with Crippen molar-refractivity contribution in [2.24, 2.45) is 0 Å². The van der Waals surface area contributed by atoms with E-state index in [0.717, 1.165) is 12.8 Å². The lowest BCUT2D eigenvalue weighted by molar-refractivity contribution is -0.125. The quantitative estimate of drug-likeness (QED) is 0.591. The molecule has 0 unspecified atom stereocenters. The summed E-state index contributed by atoms with van der Waals surface area (Å²) in [5.74, 6) is -0.939. The van der Waals surface area contributed by atoms with Crippen molar-refractivity contribution in [3.05, 3.63) is 58.3 Å². The first-order valence-electron chi connectivity index (χ1n) is 8.04. The molecule has 2 aromatic rings. The standard InChI is InChI=1S/C18H21N3O3S/c22-16(19-10-4-8-14-6-2-1-3-7-14)12-20-17(23)13-21-18(24)15-9-5-11-25-15/h1-3,5-7,9,11H,4,8,10,12-13H2,(H,19,22)(H,20,23)(H,21,24). The van der Waals surface area contributed by atoms with Gasteiger partial charge in [-0.1, -0.05) is 36.4 Å². The predicted octanol–water partition coefficient (Wildman–Crippen LogP) is 1.34. The monoisotopic (exact) mass is 359 g/mol. The zero-order valence-corrected chi connectivity index (χ0v) is 14.6. The van der Waals surface area contributed by atoms with Crippen LogP contribution >= 0.6 is 11.3 Å². The van der Waals surface area contributed by atoms with Crippen molar-refractivity contribution in [1.82, 2.24) is 16.0 Å². The Morgan fingerprint density at radius 3 is 2.28 bits per heavy atom. The first-order valence-corrected chi connectivity index (χ1v) is 8.92. The molecule has 0 saturated heterocycles. The van der Waals surface area contributed by atoms with Crippen molar-refractivity contribution in [3.63, 3.8) is 0 Å². The highest BCUT2D eigenvalue weighted by atomic mass is 32.1. The highest BCUT2D eigenvalue weighted by Gasteiger charge is 2.09. The molecule has 0 fully saturated rings. The maximum Gasteiger partial charge on any atom is 0.261 e. The molecular formula is C18H21N3O3S. The average molecular weight is 359 g/mol. The van der Waals surface area contributed by atoms with Crippen LogP contribution in [0.25, 0.3) is 0 Å². The van der Waals surface area contributed by atoms with Crippen LogP contribution in [0.15, 0.2) is 47.8 Å². The fourth-order valence-electron chi connectivity index (χ4n) is 2.12. The van der Waals surface area contributed by atoms with Gasteiger partial charge in [-0.15, -0.1) is 11.3 Å². The number of carbonyl (C=O) groups excluding carboxylic acids is 3. The molecule has 0 radical (unpaired) electrons. The smallest absolute Gasteiger partial charge is 0.261 e. The van der Waals surface area contributed by atoms with Gasteiger partial charge in [-0.2, -0.15) is 0 Å². The van der Waals surface area contributed by atoms with Crippen molar-refractivity contribution in [2.75, 3.05) is 19.6 Å². The number of amides is 3. The van der Waals surface area contributed by atoms with Gasteiger partial charge in [0.25, 0.3) is 5.91 Å². The van der Waals surface area contributed by atoms with Gasteiger partial charge < -0.3 is 16.0 Å². The van der Waals surface area contributed by atoms with Crippen LogP contribution in [0.2, 0.25) is 0 Å². The molecule has 2 rings (SSSR count). The zero-order chi connectivity index (χ0) is 17.9. The Bertz CT molecular complexity index is 687. The Labute approximate surface area is 150 Å². The fraction of sp³-hybridized carbons (Fsp3) is 0.278. The van der Waals surface area contributed by atoms with Crippen molar-refractivity contribution in [2.45, 2.75) is 12.8 Å². The highest BCUT2D eigenvalue weighted by molar-refractivity contribution is 7.12. The second-order valence-electron chi connectivity index (χ2n) is 5.38. The summed E-state index contributed by atoms with van der Waals surface area (Å²) in [6, 6.07) is 13.5. The summed E-state index contributed by atoms with van der Waals surface area (Å²) >= 11 is 1.30. The maximum absolute atomic E-state index is 11.7. The van der Waals surface area contributed by atoms with Crippen LogP contribution in [0.3, 0.4) is 0 Å². The van der Waals surface area contributed by atoms with E-state index >= 15 is 0 Å². The van der Waals surface area contributed by atoms with Gasteiger partial charge >= 0.3 is 0 Å². The minimum Gasteiger partial charge on any atom is -0.355 e. The van der Waals surface area contributed by atoms with E-state index in [0.29, 0.717) is 11.4 Å². The van der Waals surface area contributed by atoms with E-state index in [1.807, 2.05) is 30.3 Å². The number of thiophene rings is 1. The molecule has 3 N–H and O–H groups in total. The van der Waals surface area contributed by atoms with Crippen LogP contribution < -0.4 is 16.0 Å². The molecule has 1 heterocycles. The molecule has 0 aliphatic carbocycles. The third-order valence-electron chi connectivity index (χ3n) is 3.41. The predicted molar refractivity (Wildman–Crippen MR) is 97.4 cm³/mol. The lowest BCUT2D eigenvalue weighted by Crippen LogP contribution is -2.42. The Hall–Kier alpha value is -2.67. The lowest BCUT2D eigenvalue weighted by Gasteiger charge is -2.08. The number of nitrogens with one attached hydrogen (secondary N) is 3. The van der Waals surface area contributed by atoms with Gasteiger partial charge in [0.2, 0.25) is 11.8 Å². The van der Waals surface area contributed by atoms with Crippen LogP contribution in [0, 0.1) is 0 Å². The lowest BCUT2D eigenvalue weighted by atomic mass is 10.1. The molecular weight excluding hydrogens is 338 g/mol. The summed E-state index contributed by atoms with van der Waals surface area (Å²) in [5.41, 5.74) is 1.23. The Kier molecular flexibility index (Phi) is 7.65. The second-order valence-corrected chi connectivity index (χ2v) is 6.32. The van der Waals surface area contributed by atoms with Crippen molar-refractivity contribution >= 4 is 29.1 Å². The van der Waals surface area contributed by atoms with E-state index in [2.05, 4.69) is 16.0 Å². The average Bonchev–Trinajstić information content (AvgIpc) is 3.17. The Balaban J connectivity index is 1.53. The molecule has 132 valence electrons. The number of hydrogen-bond donors (Lipinski definition) is 3. The van der Waals surface area contributed by atoms with Crippen LogP contribution in [-0.4, -0.2) is 37.4 Å². The van der Waals surface area contributed by atoms with Gasteiger partial charge in [-0.05, 0) is 29.9 Å². The third-order valence-corrected chi connectivity index (χ3v) is 4.28. The van der Waals surface area contributed by atoms with E-state index in [-0.39, 0.29) is 24.9 Å². The van der Waals surface area contributed by atoms with E-state index in [4.69, 9.17) is 0 Å². The van der Waals surface area contributed by atoms with E-state index in [1.165, 1.54) is 16.9 Å². The molecule has 1 aromatic heterocycles. The van der Waals surface area contributed by atoms with Crippen LogP contribution in [0.1, 0.15) is 21.7 Å². The summed E-state index contributed by atoms with van der Waals surface area (Å²) in [5, 5.41) is 9.53. The Morgan fingerprint density at radius 2 is 1.56 bits per heavy atom. The molecule has 25 heavy (non-hydrogen) atoms. The van der Waals surface area contributed by atoms with Gasteiger partial charge in [0, 0.05) is 6.54 Å². The second kappa shape index (κ2) is 10.2. The van der Waals surface area contributed by atoms with Crippen molar-refractivity contribution < 1.29 is 14.4 Å². The normalized spacial score (nSPS) is 10.1. The summed E-state index contributed by atoms with van der Waals surface area (Å²) < 4.78 is 0. The van der Waals surface area contributed by atoms with E-state index in [9.17, 15) is 14.4 Å². The van der Waals surface area contributed by atoms with Gasteiger partial charge in [0.1, 0.15) is 0 Å². The number of hydrogen-bond acceptors (Lipinski definition) is 4. The number of benzene rings is 1. The van der Waals surface area contributed by atoms with Crippen molar-refractivity contribution in [1.29, 1.82) is 0 Å². The highest BCUT2D eigenvalue weighted by Crippen LogP contribution is 2.07. The minimum atomic E-state index is -0.399. The zero-order valence-electron chi connectivity index (χ0n) is 13.8. The SMILES string of the molecule is O=C(CNC(=O)CNC(=O)c1cccs1)NCCCc1ccccc1. The van der Waals surface area contributed by atoms with Gasteiger partial charge in [0.15, 0.2) is 0 Å². The summed E-state index contributed by atoms with van der Waals surface area (Å²) in [4.78, 5) is 35.5. The van der Waals surface area contributed by atoms with Gasteiger partial charge in [-0.25, -0.2) is 0 Å². The third kappa shape index (κ3) is 7.17. The number of carbonyl (C=O) groups is 3. The summed E-state index contributed by atoms with van der Waals surface area (Å²) in [7, 11) is 0. The molecule has 7 heteroatoms. The number of rotatable bonds is 9. The molecule has 1 aromatic carbocycles. The maximum atomic E-state index is 11.7. The molecule has 0 atom stereocenters. The van der Waals surface area contributed by atoms with Crippen LogP contribution in [0.4, 0.5) is 0 Å². The summed E-state index contributed by atoms with van der Waals surface area (Å²) in [6.07, 6.45) is 1.73. The topological polar surface area (TPSA) is 87.3 Å². The van der Waals surface area contributed by atoms with E-state index < -0.39 is 5.91 Å². The van der Waals surface area contributed by atoms with E-state index in [1.54, 1.807) is 17.5 Å². The summed E-state index contributed by atoms with van der Waals surface area (Å²) in [6.45, 7) is 0.301. The minimum absolute atomic E-state index is 0.0982.